The van der Waals surface area contributed by atoms with E-state index in [0.29, 0.717) is 18.0 Å². The van der Waals surface area contributed by atoms with E-state index in [2.05, 4.69) is 16.7 Å². The van der Waals surface area contributed by atoms with E-state index in [-0.39, 0.29) is 19.0 Å². The number of hydrogen-bond donors (Lipinski definition) is 2. The maximum atomic E-state index is 13.5. The van der Waals surface area contributed by atoms with E-state index in [1.165, 1.54) is 6.07 Å². The summed E-state index contributed by atoms with van der Waals surface area (Å²) in [4.78, 5) is 2.23. The third-order valence-corrected chi connectivity index (χ3v) is 3.33. The summed E-state index contributed by atoms with van der Waals surface area (Å²) >= 11 is 0. The van der Waals surface area contributed by atoms with Crippen LogP contribution in [0.5, 0.6) is 0 Å². The summed E-state index contributed by atoms with van der Waals surface area (Å²) in [5.41, 5.74) is 6.90. The Bertz CT molecular complexity index is 493. The molecule has 1 fully saturated rings. The lowest BCUT2D eigenvalue weighted by Crippen LogP contribution is -2.21. The van der Waals surface area contributed by atoms with Crippen molar-refractivity contribution < 1.29 is 9.50 Å². The lowest BCUT2D eigenvalue weighted by Gasteiger charge is -2.15. The van der Waals surface area contributed by atoms with Crippen LogP contribution < -0.4 is 5.73 Å². The Morgan fingerprint density at radius 2 is 2.26 bits per heavy atom. The average Bonchev–Trinajstić information content (AvgIpc) is 2.83. The van der Waals surface area contributed by atoms with E-state index in [1.807, 2.05) is 6.07 Å². The van der Waals surface area contributed by atoms with Crippen LogP contribution in [0.2, 0.25) is 0 Å². The number of aliphatic hydroxyl groups is 1. The molecule has 0 amide bonds. The van der Waals surface area contributed by atoms with Crippen molar-refractivity contribution in [2.24, 2.45) is 11.7 Å². The third kappa shape index (κ3) is 4.03. The fourth-order valence-corrected chi connectivity index (χ4v) is 2.43. The van der Waals surface area contributed by atoms with Crippen molar-refractivity contribution in [1.29, 1.82) is 0 Å². The Hall–Kier alpha value is -1.41. The van der Waals surface area contributed by atoms with Gasteiger partial charge in [0.2, 0.25) is 0 Å². The van der Waals surface area contributed by atoms with Gasteiger partial charge in [-0.05, 0) is 42.6 Å². The molecular formula is C15H19FN2O. The summed E-state index contributed by atoms with van der Waals surface area (Å²) in [6.07, 6.45) is 1.01. The van der Waals surface area contributed by atoms with E-state index in [1.54, 1.807) is 6.07 Å². The predicted molar refractivity (Wildman–Crippen MR) is 72.8 cm³/mol. The normalized spacial score (nSPS) is 19.2. The molecule has 0 radical (unpaired) electrons. The van der Waals surface area contributed by atoms with Gasteiger partial charge >= 0.3 is 0 Å². The van der Waals surface area contributed by atoms with Crippen LogP contribution in [0.3, 0.4) is 0 Å². The van der Waals surface area contributed by atoms with E-state index in [4.69, 9.17) is 10.8 Å². The Balaban J connectivity index is 2.06. The van der Waals surface area contributed by atoms with Crippen LogP contribution in [-0.2, 0) is 6.54 Å². The first-order chi connectivity index (χ1) is 9.21. The summed E-state index contributed by atoms with van der Waals surface area (Å²) in [5, 5.41) is 9.12. The first-order valence-electron chi connectivity index (χ1n) is 6.53. The molecule has 1 atom stereocenters. The van der Waals surface area contributed by atoms with Crippen LogP contribution in [0.4, 0.5) is 4.39 Å². The summed E-state index contributed by atoms with van der Waals surface area (Å²) < 4.78 is 13.5. The molecule has 4 heteroatoms. The highest BCUT2D eigenvalue weighted by Crippen LogP contribution is 2.19. The van der Waals surface area contributed by atoms with Crippen molar-refractivity contribution >= 4 is 0 Å². The number of benzene rings is 1. The maximum Gasteiger partial charge on any atom is 0.124 e. The summed E-state index contributed by atoms with van der Waals surface area (Å²) in [6.45, 7) is 3.02. The highest BCUT2D eigenvalue weighted by molar-refractivity contribution is 5.38. The van der Waals surface area contributed by atoms with Crippen LogP contribution in [0, 0.1) is 23.6 Å². The molecule has 3 N–H and O–H groups in total. The van der Waals surface area contributed by atoms with Gasteiger partial charge in [0.15, 0.2) is 0 Å². The van der Waals surface area contributed by atoms with Gasteiger partial charge < -0.3 is 10.8 Å². The molecule has 0 aliphatic carbocycles. The maximum absolute atomic E-state index is 13.5. The average molecular weight is 262 g/mol. The Morgan fingerprint density at radius 1 is 1.42 bits per heavy atom. The molecule has 1 aliphatic heterocycles. The molecule has 1 heterocycles. The second kappa shape index (κ2) is 6.67. The number of rotatable bonds is 3. The number of halogens is 1. The Labute approximate surface area is 113 Å². The molecule has 0 spiro atoms. The lowest BCUT2D eigenvalue weighted by molar-refractivity contribution is 0.220. The van der Waals surface area contributed by atoms with Crippen LogP contribution in [0.25, 0.3) is 0 Å². The highest BCUT2D eigenvalue weighted by Gasteiger charge is 2.21. The predicted octanol–water partition coefficient (Wildman–Crippen LogP) is 0.950. The minimum absolute atomic E-state index is 0.229. The van der Waals surface area contributed by atoms with Crippen molar-refractivity contribution in [3.8, 4) is 11.8 Å². The van der Waals surface area contributed by atoms with Gasteiger partial charge in [0.25, 0.3) is 0 Å². The van der Waals surface area contributed by atoms with Crippen LogP contribution in [-0.4, -0.2) is 36.2 Å². The third-order valence-electron chi connectivity index (χ3n) is 3.33. The molecule has 0 saturated carbocycles. The van der Waals surface area contributed by atoms with Crippen LogP contribution >= 0.6 is 0 Å². The van der Waals surface area contributed by atoms with E-state index >= 15 is 0 Å². The van der Waals surface area contributed by atoms with E-state index in [0.717, 1.165) is 25.1 Å². The molecule has 3 nitrogen and oxygen atoms in total. The summed E-state index contributed by atoms with van der Waals surface area (Å²) in [7, 11) is 0. The molecule has 1 aromatic rings. The molecule has 1 aromatic carbocycles. The van der Waals surface area contributed by atoms with Gasteiger partial charge in [0.1, 0.15) is 5.82 Å². The fraction of sp³-hybridized carbons (Fsp3) is 0.467. The summed E-state index contributed by atoms with van der Waals surface area (Å²) in [5.74, 6) is 5.68. The van der Waals surface area contributed by atoms with Gasteiger partial charge in [0.05, 0.1) is 6.54 Å². The molecule has 0 aromatic heterocycles. The van der Waals surface area contributed by atoms with Crippen molar-refractivity contribution in [3.63, 3.8) is 0 Å². The van der Waals surface area contributed by atoms with Gasteiger partial charge in [-0.3, -0.25) is 4.90 Å². The Morgan fingerprint density at radius 3 is 2.95 bits per heavy atom. The quantitative estimate of drug-likeness (QED) is 0.797. The molecule has 1 saturated heterocycles. The smallest absolute Gasteiger partial charge is 0.124 e. The second-order valence-corrected chi connectivity index (χ2v) is 4.93. The number of hydrogen-bond acceptors (Lipinski definition) is 3. The number of nitrogens with two attached hydrogens (primary N) is 1. The van der Waals surface area contributed by atoms with Gasteiger partial charge in [-0.2, -0.15) is 0 Å². The molecule has 19 heavy (non-hydrogen) atoms. The van der Waals surface area contributed by atoms with E-state index in [9.17, 15) is 4.39 Å². The number of aliphatic hydroxyl groups excluding tert-OH is 1. The van der Waals surface area contributed by atoms with Gasteiger partial charge in [0, 0.05) is 25.3 Å². The molecule has 1 unspecified atom stereocenters. The van der Waals surface area contributed by atoms with Crippen LogP contribution in [0.15, 0.2) is 18.2 Å². The summed E-state index contributed by atoms with van der Waals surface area (Å²) in [6, 6.07) is 4.87. The fourth-order valence-electron chi connectivity index (χ4n) is 2.43. The van der Waals surface area contributed by atoms with Crippen molar-refractivity contribution in [2.75, 3.05) is 26.2 Å². The molecular weight excluding hydrogens is 243 g/mol. The molecule has 2 rings (SSSR count). The second-order valence-electron chi connectivity index (χ2n) is 4.93. The first-order valence-corrected chi connectivity index (χ1v) is 6.53. The lowest BCUT2D eigenvalue weighted by atomic mass is 10.1. The zero-order chi connectivity index (χ0) is 13.7. The first kappa shape index (κ1) is 14.0. The number of likely N-dealkylation sites (tertiary alicyclic amines) is 1. The Kier molecular flexibility index (Phi) is 4.92. The highest BCUT2D eigenvalue weighted by atomic mass is 19.1. The zero-order valence-corrected chi connectivity index (χ0v) is 10.9. The SMILES string of the molecule is NCC#Cc1cc(F)cc(CN2CCC(CO)C2)c1. The standard InChI is InChI=1S/C15H19FN2O/c16-15-7-12(2-1-4-17)6-14(8-15)10-18-5-3-13(9-18)11-19/h6-8,13,19H,3-5,9-11,17H2. The van der Waals surface area contributed by atoms with Gasteiger partial charge in [-0.15, -0.1) is 0 Å². The monoisotopic (exact) mass is 262 g/mol. The largest absolute Gasteiger partial charge is 0.396 e. The molecule has 1 aliphatic rings. The van der Waals surface area contributed by atoms with Crippen molar-refractivity contribution in [3.05, 3.63) is 35.1 Å². The minimum atomic E-state index is -0.267. The minimum Gasteiger partial charge on any atom is -0.396 e. The van der Waals surface area contributed by atoms with E-state index < -0.39 is 0 Å². The van der Waals surface area contributed by atoms with Crippen LogP contribution in [0.1, 0.15) is 17.5 Å². The topological polar surface area (TPSA) is 49.5 Å². The molecule has 102 valence electrons. The van der Waals surface area contributed by atoms with Gasteiger partial charge in [-0.25, -0.2) is 4.39 Å². The number of nitrogens with zero attached hydrogens (tertiary/aromatic N) is 1. The van der Waals surface area contributed by atoms with Crippen molar-refractivity contribution in [1.82, 2.24) is 4.90 Å². The molecule has 0 bridgehead atoms. The zero-order valence-electron chi connectivity index (χ0n) is 10.9. The van der Waals surface area contributed by atoms with Crippen molar-refractivity contribution in [2.45, 2.75) is 13.0 Å². The van der Waals surface area contributed by atoms with Gasteiger partial charge in [-0.1, -0.05) is 11.8 Å².